The van der Waals surface area contributed by atoms with Crippen molar-refractivity contribution >= 4 is 16.9 Å². The maximum atomic E-state index is 12.7. The Morgan fingerprint density at radius 1 is 1.14 bits per heavy atom. The predicted octanol–water partition coefficient (Wildman–Crippen LogP) is 3.95. The van der Waals surface area contributed by atoms with Gasteiger partial charge in [0.25, 0.3) is 0 Å². The Balaban J connectivity index is 2.05. The fourth-order valence-electron chi connectivity index (χ4n) is 3.28. The van der Waals surface area contributed by atoms with E-state index in [1.165, 1.54) is 0 Å². The monoisotopic (exact) mass is 396 g/mol. The molecular weight excluding hydrogens is 372 g/mol. The van der Waals surface area contributed by atoms with Crippen molar-refractivity contribution in [1.82, 2.24) is 0 Å². The Bertz CT molecular complexity index is 1100. The molecule has 0 unspecified atom stereocenters. The maximum absolute atomic E-state index is 12.7. The topological polar surface area (TPSA) is 75.0 Å². The zero-order valence-electron chi connectivity index (χ0n) is 17.0. The van der Waals surface area contributed by atoms with Crippen LogP contribution in [0.2, 0.25) is 0 Å². The summed E-state index contributed by atoms with van der Waals surface area (Å²) in [5.41, 5.74) is 3.13. The van der Waals surface area contributed by atoms with Gasteiger partial charge < -0.3 is 18.6 Å². The standard InChI is InChI=1S/C23H24O6/c1-5-27-21(24)13-28-19-9-14(2)10-20-22(19)15(3)18(23(25)29-20)12-16-7-6-8-17(11-16)26-4/h6-11H,5,12-13H2,1-4H3. The van der Waals surface area contributed by atoms with Gasteiger partial charge in [-0.05, 0) is 61.7 Å². The Morgan fingerprint density at radius 2 is 1.93 bits per heavy atom. The minimum absolute atomic E-state index is 0.212. The summed E-state index contributed by atoms with van der Waals surface area (Å²) < 4.78 is 21.5. The molecule has 1 aromatic heterocycles. The molecule has 3 aromatic rings. The molecule has 0 N–H and O–H groups in total. The number of benzene rings is 2. The molecule has 0 fully saturated rings. The molecule has 0 saturated heterocycles. The molecule has 0 bridgehead atoms. The second-order valence-electron chi connectivity index (χ2n) is 6.75. The van der Waals surface area contributed by atoms with Crippen molar-refractivity contribution in [2.75, 3.05) is 20.3 Å². The van der Waals surface area contributed by atoms with E-state index in [0.717, 1.165) is 22.4 Å². The van der Waals surface area contributed by atoms with Crippen molar-refractivity contribution in [3.63, 3.8) is 0 Å². The third kappa shape index (κ3) is 4.59. The van der Waals surface area contributed by atoms with Gasteiger partial charge in [0.15, 0.2) is 6.61 Å². The van der Waals surface area contributed by atoms with E-state index in [1.807, 2.05) is 44.2 Å². The lowest BCUT2D eigenvalue weighted by molar-refractivity contribution is -0.145. The van der Waals surface area contributed by atoms with Crippen LogP contribution in [0.5, 0.6) is 11.5 Å². The van der Waals surface area contributed by atoms with E-state index >= 15 is 0 Å². The van der Waals surface area contributed by atoms with Crippen LogP contribution < -0.4 is 15.1 Å². The molecule has 0 aliphatic rings. The number of rotatable bonds is 7. The zero-order valence-corrected chi connectivity index (χ0v) is 17.0. The number of hydrogen-bond acceptors (Lipinski definition) is 6. The van der Waals surface area contributed by atoms with E-state index in [0.29, 0.717) is 28.7 Å². The molecule has 2 aromatic carbocycles. The molecule has 6 nitrogen and oxygen atoms in total. The lowest BCUT2D eigenvalue weighted by Crippen LogP contribution is -2.16. The first kappa shape index (κ1) is 20.5. The molecule has 0 aliphatic carbocycles. The van der Waals surface area contributed by atoms with E-state index in [9.17, 15) is 9.59 Å². The number of aryl methyl sites for hydroxylation is 2. The number of esters is 1. The predicted molar refractivity (Wildman–Crippen MR) is 110 cm³/mol. The first-order valence-electron chi connectivity index (χ1n) is 9.41. The van der Waals surface area contributed by atoms with Crippen molar-refractivity contribution < 1.29 is 23.4 Å². The fraction of sp³-hybridized carbons (Fsp3) is 0.304. The van der Waals surface area contributed by atoms with Gasteiger partial charge in [-0.25, -0.2) is 9.59 Å². The molecule has 29 heavy (non-hydrogen) atoms. The van der Waals surface area contributed by atoms with Crippen molar-refractivity contribution in [3.8, 4) is 11.5 Å². The van der Waals surface area contributed by atoms with Crippen LogP contribution in [-0.2, 0) is 16.0 Å². The van der Waals surface area contributed by atoms with Crippen LogP contribution in [0.3, 0.4) is 0 Å². The molecular formula is C23H24O6. The third-order valence-electron chi connectivity index (χ3n) is 4.65. The van der Waals surface area contributed by atoms with Gasteiger partial charge in [0.2, 0.25) is 0 Å². The Morgan fingerprint density at radius 3 is 2.66 bits per heavy atom. The SMILES string of the molecule is CCOC(=O)COc1cc(C)cc2oc(=O)c(Cc3cccc(OC)c3)c(C)c12. The van der Waals surface area contributed by atoms with Crippen molar-refractivity contribution in [2.45, 2.75) is 27.2 Å². The van der Waals surface area contributed by atoms with E-state index in [2.05, 4.69) is 0 Å². The first-order valence-corrected chi connectivity index (χ1v) is 9.41. The molecule has 0 amide bonds. The van der Waals surface area contributed by atoms with Crippen LogP contribution in [0.25, 0.3) is 11.0 Å². The zero-order chi connectivity index (χ0) is 21.0. The highest BCUT2D eigenvalue weighted by Gasteiger charge is 2.17. The van der Waals surface area contributed by atoms with Crippen molar-refractivity contribution in [2.24, 2.45) is 0 Å². The average molecular weight is 396 g/mol. The fourth-order valence-corrected chi connectivity index (χ4v) is 3.28. The van der Waals surface area contributed by atoms with Gasteiger partial charge >= 0.3 is 11.6 Å². The van der Waals surface area contributed by atoms with Gasteiger partial charge in [0.05, 0.1) is 19.1 Å². The number of carbonyl (C=O) groups is 1. The van der Waals surface area contributed by atoms with E-state index < -0.39 is 5.97 Å². The Labute approximate surface area is 169 Å². The number of methoxy groups -OCH3 is 1. The summed E-state index contributed by atoms with van der Waals surface area (Å²) in [7, 11) is 1.60. The second-order valence-corrected chi connectivity index (χ2v) is 6.75. The van der Waals surface area contributed by atoms with Gasteiger partial charge in [-0.1, -0.05) is 12.1 Å². The van der Waals surface area contributed by atoms with E-state index in [4.69, 9.17) is 18.6 Å². The van der Waals surface area contributed by atoms with Crippen LogP contribution in [0, 0.1) is 13.8 Å². The summed E-state index contributed by atoms with van der Waals surface area (Å²) in [5.74, 6) is 0.759. The largest absolute Gasteiger partial charge is 0.497 e. The summed E-state index contributed by atoms with van der Waals surface area (Å²) >= 11 is 0. The Hall–Kier alpha value is -3.28. The highest BCUT2D eigenvalue weighted by molar-refractivity contribution is 5.88. The normalized spacial score (nSPS) is 10.8. The van der Waals surface area contributed by atoms with Gasteiger partial charge in [-0.2, -0.15) is 0 Å². The summed E-state index contributed by atoms with van der Waals surface area (Å²) in [6.45, 7) is 5.55. The molecule has 0 saturated carbocycles. The maximum Gasteiger partial charge on any atom is 0.344 e. The van der Waals surface area contributed by atoms with E-state index in [1.54, 1.807) is 20.1 Å². The quantitative estimate of drug-likeness (QED) is 0.445. The van der Waals surface area contributed by atoms with Crippen LogP contribution in [-0.4, -0.2) is 26.3 Å². The number of hydrogen-bond donors (Lipinski definition) is 0. The summed E-state index contributed by atoms with van der Waals surface area (Å²) in [6.07, 6.45) is 0.395. The molecule has 0 atom stereocenters. The highest BCUT2D eigenvalue weighted by atomic mass is 16.6. The second kappa shape index (κ2) is 8.82. The molecule has 1 heterocycles. The lowest BCUT2D eigenvalue weighted by Gasteiger charge is -2.14. The van der Waals surface area contributed by atoms with Crippen LogP contribution in [0.1, 0.15) is 29.2 Å². The van der Waals surface area contributed by atoms with Gasteiger partial charge in [0.1, 0.15) is 17.1 Å². The number of fused-ring (bicyclic) bond motifs is 1. The molecule has 6 heteroatoms. The van der Waals surface area contributed by atoms with Crippen LogP contribution in [0.4, 0.5) is 0 Å². The molecule has 152 valence electrons. The average Bonchev–Trinajstić information content (AvgIpc) is 2.69. The minimum Gasteiger partial charge on any atom is -0.497 e. The van der Waals surface area contributed by atoms with Crippen LogP contribution >= 0.6 is 0 Å². The first-order chi connectivity index (χ1) is 13.9. The third-order valence-corrected chi connectivity index (χ3v) is 4.65. The lowest BCUT2D eigenvalue weighted by atomic mass is 9.98. The Kier molecular flexibility index (Phi) is 6.22. The molecule has 0 spiro atoms. The molecule has 0 aliphatic heterocycles. The van der Waals surface area contributed by atoms with Crippen molar-refractivity contribution in [1.29, 1.82) is 0 Å². The molecule has 0 radical (unpaired) electrons. The minimum atomic E-state index is -0.450. The van der Waals surface area contributed by atoms with Gasteiger partial charge in [-0.15, -0.1) is 0 Å². The summed E-state index contributed by atoms with van der Waals surface area (Å²) in [6, 6.07) is 11.2. The number of ether oxygens (including phenoxy) is 3. The van der Waals surface area contributed by atoms with E-state index in [-0.39, 0.29) is 18.8 Å². The van der Waals surface area contributed by atoms with Gasteiger partial charge in [-0.3, -0.25) is 0 Å². The summed E-state index contributed by atoms with van der Waals surface area (Å²) in [5, 5.41) is 0.678. The number of carbonyl (C=O) groups excluding carboxylic acids is 1. The van der Waals surface area contributed by atoms with Crippen LogP contribution in [0.15, 0.2) is 45.6 Å². The van der Waals surface area contributed by atoms with Gasteiger partial charge in [0, 0.05) is 12.0 Å². The van der Waals surface area contributed by atoms with Crippen molar-refractivity contribution in [3.05, 3.63) is 69.1 Å². The molecule has 3 rings (SSSR count). The smallest absolute Gasteiger partial charge is 0.344 e. The summed E-state index contributed by atoms with van der Waals surface area (Å²) in [4.78, 5) is 24.4. The highest BCUT2D eigenvalue weighted by Crippen LogP contribution is 2.32.